The van der Waals surface area contributed by atoms with E-state index in [1.165, 1.54) is 0 Å². The number of carbonyl (C=O) groups excluding carboxylic acids is 1. The first kappa shape index (κ1) is 11.5. The Balaban J connectivity index is 2.73. The average molecular weight is 201 g/mol. The van der Waals surface area contributed by atoms with Crippen LogP contribution in [-0.4, -0.2) is 18.9 Å². The van der Waals surface area contributed by atoms with Crippen LogP contribution < -0.4 is 5.32 Å². The summed E-state index contributed by atoms with van der Waals surface area (Å²) < 4.78 is 0. The SMILES string of the molecule is C#CCNCC(=O)c1cc(C)ccc1C. The molecule has 0 unspecified atom stereocenters. The van der Waals surface area contributed by atoms with Gasteiger partial charge in [0, 0.05) is 5.56 Å². The molecule has 1 aromatic carbocycles. The minimum Gasteiger partial charge on any atom is -0.299 e. The molecule has 0 bridgehead atoms. The van der Waals surface area contributed by atoms with Crippen molar-refractivity contribution in [3.63, 3.8) is 0 Å². The van der Waals surface area contributed by atoms with Gasteiger partial charge in [0.25, 0.3) is 0 Å². The summed E-state index contributed by atoms with van der Waals surface area (Å²) in [5.41, 5.74) is 2.88. The molecule has 2 heteroatoms. The lowest BCUT2D eigenvalue weighted by atomic mass is 10.0. The fraction of sp³-hybridized carbons (Fsp3) is 0.308. The van der Waals surface area contributed by atoms with Crippen LogP contribution in [-0.2, 0) is 0 Å². The largest absolute Gasteiger partial charge is 0.299 e. The molecule has 1 N–H and O–H groups in total. The Morgan fingerprint density at radius 2 is 2.20 bits per heavy atom. The van der Waals surface area contributed by atoms with Crippen LogP contribution in [0.1, 0.15) is 21.5 Å². The number of terminal acetylenes is 1. The molecule has 0 radical (unpaired) electrons. The Kier molecular flexibility index (Phi) is 4.08. The van der Waals surface area contributed by atoms with Crippen molar-refractivity contribution in [1.82, 2.24) is 5.32 Å². The Bertz CT molecular complexity index is 401. The van der Waals surface area contributed by atoms with E-state index in [-0.39, 0.29) is 5.78 Å². The monoisotopic (exact) mass is 201 g/mol. The maximum Gasteiger partial charge on any atom is 0.176 e. The van der Waals surface area contributed by atoms with Crippen molar-refractivity contribution < 1.29 is 4.79 Å². The molecule has 78 valence electrons. The molecule has 15 heavy (non-hydrogen) atoms. The van der Waals surface area contributed by atoms with Gasteiger partial charge in [-0.25, -0.2) is 0 Å². The number of ketones is 1. The Morgan fingerprint density at radius 3 is 2.87 bits per heavy atom. The minimum absolute atomic E-state index is 0.0893. The number of hydrogen-bond acceptors (Lipinski definition) is 2. The van der Waals surface area contributed by atoms with Gasteiger partial charge in [-0.3, -0.25) is 10.1 Å². The molecule has 0 saturated heterocycles. The highest BCUT2D eigenvalue weighted by atomic mass is 16.1. The van der Waals surface area contributed by atoms with Gasteiger partial charge < -0.3 is 0 Å². The fourth-order valence-electron chi connectivity index (χ4n) is 1.38. The summed E-state index contributed by atoms with van der Waals surface area (Å²) >= 11 is 0. The summed E-state index contributed by atoms with van der Waals surface area (Å²) in [7, 11) is 0. The molecule has 0 aromatic heterocycles. The number of benzene rings is 1. The zero-order valence-corrected chi connectivity index (χ0v) is 9.13. The Hall–Kier alpha value is -1.59. The third kappa shape index (κ3) is 3.23. The van der Waals surface area contributed by atoms with Gasteiger partial charge in [-0.15, -0.1) is 6.42 Å². The predicted octanol–water partition coefficient (Wildman–Crippen LogP) is 1.71. The van der Waals surface area contributed by atoms with Crippen molar-refractivity contribution in [2.75, 3.05) is 13.1 Å². The van der Waals surface area contributed by atoms with E-state index in [9.17, 15) is 4.79 Å². The van der Waals surface area contributed by atoms with Crippen LogP contribution in [0.5, 0.6) is 0 Å². The summed E-state index contributed by atoms with van der Waals surface area (Å²) in [6.07, 6.45) is 5.08. The van der Waals surface area contributed by atoms with Gasteiger partial charge in [-0.1, -0.05) is 23.6 Å². The van der Waals surface area contributed by atoms with Crippen molar-refractivity contribution in [3.05, 3.63) is 34.9 Å². The highest BCUT2D eigenvalue weighted by Gasteiger charge is 2.07. The number of carbonyl (C=O) groups is 1. The second kappa shape index (κ2) is 5.33. The van der Waals surface area contributed by atoms with Crippen molar-refractivity contribution >= 4 is 5.78 Å². The van der Waals surface area contributed by atoms with Crippen molar-refractivity contribution in [3.8, 4) is 12.3 Å². The van der Waals surface area contributed by atoms with Crippen LogP contribution in [0.2, 0.25) is 0 Å². The van der Waals surface area contributed by atoms with Gasteiger partial charge in [0.1, 0.15) is 0 Å². The van der Waals surface area contributed by atoms with Crippen LogP contribution >= 0.6 is 0 Å². The molecule has 0 amide bonds. The maximum absolute atomic E-state index is 11.8. The van der Waals surface area contributed by atoms with Gasteiger partial charge in [0.05, 0.1) is 13.1 Å². The third-order valence-electron chi connectivity index (χ3n) is 2.21. The van der Waals surface area contributed by atoms with E-state index in [1.807, 2.05) is 32.0 Å². The van der Waals surface area contributed by atoms with Crippen LogP contribution in [0.15, 0.2) is 18.2 Å². The third-order valence-corrected chi connectivity index (χ3v) is 2.21. The van der Waals surface area contributed by atoms with Gasteiger partial charge in [0.2, 0.25) is 0 Å². The zero-order valence-electron chi connectivity index (χ0n) is 9.13. The first-order valence-electron chi connectivity index (χ1n) is 4.90. The molecule has 2 nitrogen and oxygen atoms in total. The van der Waals surface area contributed by atoms with Gasteiger partial charge in [-0.2, -0.15) is 0 Å². The molecule has 0 spiro atoms. The van der Waals surface area contributed by atoms with E-state index in [2.05, 4.69) is 11.2 Å². The smallest absolute Gasteiger partial charge is 0.176 e. The molecule has 0 aliphatic heterocycles. The number of rotatable bonds is 4. The van der Waals surface area contributed by atoms with Crippen LogP contribution in [0.3, 0.4) is 0 Å². The molecule has 1 rings (SSSR count). The average Bonchev–Trinajstić information content (AvgIpc) is 2.22. The van der Waals surface area contributed by atoms with Crippen LogP contribution in [0.25, 0.3) is 0 Å². The number of hydrogen-bond donors (Lipinski definition) is 1. The van der Waals surface area contributed by atoms with Gasteiger partial charge in [-0.05, 0) is 25.5 Å². The predicted molar refractivity (Wildman–Crippen MR) is 61.9 cm³/mol. The quantitative estimate of drug-likeness (QED) is 0.456. The summed E-state index contributed by atoms with van der Waals surface area (Å²) in [4.78, 5) is 11.8. The van der Waals surface area contributed by atoms with Gasteiger partial charge >= 0.3 is 0 Å². The highest BCUT2D eigenvalue weighted by Crippen LogP contribution is 2.10. The standard InChI is InChI=1S/C13H15NO/c1-4-7-14-9-13(15)12-8-10(2)5-6-11(12)3/h1,5-6,8,14H,7,9H2,2-3H3. The molecular weight excluding hydrogens is 186 g/mol. The number of Topliss-reactive ketones (excluding diaryl/α,β-unsaturated/α-hetero) is 1. The second-order valence-electron chi connectivity index (χ2n) is 3.55. The lowest BCUT2D eigenvalue weighted by Gasteiger charge is -2.06. The van der Waals surface area contributed by atoms with E-state index in [0.29, 0.717) is 13.1 Å². The van der Waals surface area contributed by atoms with E-state index < -0.39 is 0 Å². The first-order valence-corrected chi connectivity index (χ1v) is 4.90. The fourth-order valence-corrected chi connectivity index (χ4v) is 1.38. The molecule has 0 fully saturated rings. The van der Waals surface area contributed by atoms with Crippen molar-refractivity contribution in [2.24, 2.45) is 0 Å². The minimum atomic E-state index is 0.0893. The molecular formula is C13H15NO. The zero-order chi connectivity index (χ0) is 11.3. The van der Waals surface area contributed by atoms with Crippen molar-refractivity contribution in [1.29, 1.82) is 0 Å². The van der Waals surface area contributed by atoms with Gasteiger partial charge in [0.15, 0.2) is 5.78 Å². The van der Waals surface area contributed by atoms with E-state index >= 15 is 0 Å². The highest BCUT2D eigenvalue weighted by molar-refractivity contribution is 5.99. The lowest BCUT2D eigenvalue weighted by molar-refractivity contribution is 0.0992. The number of nitrogens with one attached hydrogen (secondary N) is 1. The van der Waals surface area contributed by atoms with E-state index in [0.717, 1.165) is 16.7 Å². The topological polar surface area (TPSA) is 29.1 Å². The molecule has 0 atom stereocenters. The molecule has 0 heterocycles. The lowest BCUT2D eigenvalue weighted by Crippen LogP contribution is -2.23. The number of aryl methyl sites for hydroxylation is 2. The summed E-state index contributed by atoms with van der Waals surface area (Å²) in [5, 5.41) is 2.89. The van der Waals surface area contributed by atoms with Crippen LogP contribution in [0, 0.1) is 26.2 Å². The van der Waals surface area contributed by atoms with E-state index in [1.54, 1.807) is 0 Å². The molecule has 1 aromatic rings. The Labute approximate surface area is 90.7 Å². The first-order chi connectivity index (χ1) is 7.15. The summed E-state index contributed by atoms with van der Waals surface area (Å²) in [6, 6.07) is 5.87. The second-order valence-corrected chi connectivity index (χ2v) is 3.55. The van der Waals surface area contributed by atoms with Crippen molar-refractivity contribution in [2.45, 2.75) is 13.8 Å². The summed E-state index contributed by atoms with van der Waals surface area (Å²) in [5.74, 6) is 2.53. The van der Waals surface area contributed by atoms with Crippen LogP contribution in [0.4, 0.5) is 0 Å². The molecule has 0 saturated carbocycles. The molecule has 0 aliphatic carbocycles. The normalized spacial score (nSPS) is 9.67. The molecule has 0 aliphatic rings. The summed E-state index contributed by atoms with van der Waals surface area (Å²) in [6.45, 7) is 4.64. The Morgan fingerprint density at radius 1 is 1.47 bits per heavy atom. The maximum atomic E-state index is 11.8. The van der Waals surface area contributed by atoms with E-state index in [4.69, 9.17) is 6.42 Å².